The summed E-state index contributed by atoms with van der Waals surface area (Å²) in [7, 11) is 0. The maximum atomic E-state index is 13.0. The Morgan fingerprint density at radius 3 is 2.65 bits per heavy atom. The van der Waals surface area contributed by atoms with E-state index < -0.39 is 0 Å². The van der Waals surface area contributed by atoms with E-state index in [1.807, 2.05) is 0 Å². The summed E-state index contributed by atoms with van der Waals surface area (Å²) in [5.41, 5.74) is 0.988. The fourth-order valence-corrected chi connectivity index (χ4v) is 2.39. The van der Waals surface area contributed by atoms with Crippen molar-refractivity contribution in [1.29, 1.82) is 0 Å². The van der Waals surface area contributed by atoms with Crippen molar-refractivity contribution < 1.29 is 9.50 Å². The van der Waals surface area contributed by atoms with Crippen molar-refractivity contribution in [3.8, 4) is 0 Å². The third kappa shape index (κ3) is 3.66. The largest absolute Gasteiger partial charge is 0.393 e. The average molecular weight is 258 g/mol. The molecule has 1 fully saturated rings. The van der Waals surface area contributed by atoms with Crippen LogP contribution >= 0.6 is 11.6 Å². The Balaban J connectivity index is 1.83. The van der Waals surface area contributed by atoms with Crippen LogP contribution in [0.25, 0.3) is 0 Å². The molecule has 1 aliphatic rings. The molecule has 0 unspecified atom stereocenters. The molecule has 0 amide bonds. The number of aliphatic hydroxyl groups excluding tert-OH is 1. The molecule has 1 aliphatic carbocycles. The molecule has 0 heterocycles. The number of hydrogen-bond acceptors (Lipinski definition) is 2. The molecule has 0 saturated heterocycles. The van der Waals surface area contributed by atoms with Gasteiger partial charge in [0, 0.05) is 12.6 Å². The molecule has 1 saturated carbocycles. The lowest BCUT2D eigenvalue weighted by Gasteiger charge is -2.26. The monoisotopic (exact) mass is 257 g/mol. The van der Waals surface area contributed by atoms with E-state index in [0.717, 1.165) is 31.2 Å². The highest BCUT2D eigenvalue weighted by Gasteiger charge is 2.18. The van der Waals surface area contributed by atoms with Crippen LogP contribution in [-0.4, -0.2) is 17.3 Å². The SMILES string of the molecule is OC1CCC(NCc2ccc(F)c(Cl)c2)CC1. The number of rotatable bonds is 3. The summed E-state index contributed by atoms with van der Waals surface area (Å²) in [5.74, 6) is -0.379. The predicted octanol–water partition coefficient (Wildman–Crippen LogP) is 2.87. The van der Waals surface area contributed by atoms with Crippen molar-refractivity contribution in [2.75, 3.05) is 0 Å². The molecule has 0 spiro atoms. The zero-order valence-corrected chi connectivity index (χ0v) is 10.4. The molecule has 0 aliphatic heterocycles. The van der Waals surface area contributed by atoms with Gasteiger partial charge in [-0.15, -0.1) is 0 Å². The fourth-order valence-electron chi connectivity index (χ4n) is 2.19. The van der Waals surface area contributed by atoms with Crippen molar-refractivity contribution >= 4 is 11.6 Å². The molecule has 2 nitrogen and oxygen atoms in total. The number of hydrogen-bond donors (Lipinski definition) is 2. The van der Waals surface area contributed by atoms with E-state index in [0.29, 0.717) is 12.6 Å². The molecular formula is C13H17ClFNO. The summed E-state index contributed by atoms with van der Waals surface area (Å²) in [6.07, 6.45) is 3.59. The smallest absolute Gasteiger partial charge is 0.141 e. The third-order valence-electron chi connectivity index (χ3n) is 3.28. The van der Waals surface area contributed by atoms with Gasteiger partial charge in [0.1, 0.15) is 5.82 Å². The minimum atomic E-state index is -0.379. The van der Waals surface area contributed by atoms with Gasteiger partial charge < -0.3 is 10.4 Å². The normalized spacial score (nSPS) is 24.9. The summed E-state index contributed by atoms with van der Waals surface area (Å²) in [4.78, 5) is 0. The molecule has 1 aromatic carbocycles. The van der Waals surface area contributed by atoms with Crippen LogP contribution in [0.1, 0.15) is 31.2 Å². The second kappa shape index (κ2) is 5.80. The van der Waals surface area contributed by atoms with Gasteiger partial charge in [0.15, 0.2) is 0 Å². The number of halogens is 2. The van der Waals surface area contributed by atoms with Crippen molar-refractivity contribution in [3.63, 3.8) is 0 Å². The molecule has 2 rings (SSSR count). The second-order valence-electron chi connectivity index (χ2n) is 4.63. The van der Waals surface area contributed by atoms with E-state index in [2.05, 4.69) is 5.32 Å². The lowest BCUT2D eigenvalue weighted by atomic mass is 9.93. The van der Waals surface area contributed by atoms with Crippen LogP contribution < -0.4 is 5.32 Å². The highest BCUT2D eigenvalue weighted by atomic mass is 35.5. The van der Waals surface area contributed by atoms with Crippen molar-refractivity contribution in [2.45, 2.75) is 44.4 Å². The Morgan fingerprint density at radius 1 is 1.29 bits per heavy atom. The molecule has 4 heteroatoms. The Labute approximate surface area is 106 Å². The van der Waals surface area contributed by atoms with E-state index in [9.17, 15) is 9.50 Å². The maximum Gasteiger partial charge on any atom is 0.141 e. The van der Waals surface area contributed by atoms with Gasteiger partial charge >= 0.3 is 0 Å². The van der Waals surface area contributed by atoms with Crippen molar-refractivity contribution in [3.05, 3.63) is 34.6 Å². The molecule has 1 aromatic rings. The molecule has 17 heavy (non-hydrogen) atoms. The zero-order valence-electron chi connectivity index (χ0n) is 9.63. The lowest BCUT2D eigenvalue weighted by molar-refractivity contribution is 0.116. The van der Waals surface area contributed by atoms with Gasteiger partial charge in [-0.1, -0.05) is 17.7 Å². The predicted molar refractivity (Wildman–Crippen MR) is 66.5 cm³/mol. The topological polar surface area (TPSA) is 32.3 Å². The average Bonchev–Trinajstić information content (AvgIpc) is 2.33. The minimum Gasteiger partial charge on any atom is -0.393 e. The third-order valence-corrected chi connectivity index (χ3v) is 3.57. The number of benzene rings is 1. The van der Waals surface area contributed by atoms with E-state index in [1.165, 1.54) is 6.07 Å². The standard InChI is InChI=1S/C13H17ClFNO/c14-12-7-9(1-6-13(12)15)8-16-10-2-4-11(17)5-3-10/h1,6-7,10-11,16-17H,2-5,8H2. The Morgan fingerprint density at radius 2 is 2.00 bits per heavy atom. The highest BCUT2D eigenvalue weighted by molar-refractivity contribution is 6.30. The summed E-state index contributed by atoms with van der Waals surface area (Å²) in [6, 6.07) is 5.24. The van der Waals surface area contributed by atoms with E-state index in [-0.39, 0.29) is 16.9 Å². The van der Waals surface area contributed by atoms with Gasteiger partial charge in [0.05, 0.1) is 11.1 Å². The van der Waals surface area contributed by atoms with Gasteiger partial charge in [-0.3, -0.25) is 0 Å². The first-order valence-corrected chi connectivity index (χ1v) is 6.38. The Kier molecular flexibility index (Phi) is 4.37. The van der Waals surface area contributed by atoms with Crippen LogP contribution in [0.2, 0.25) is 5.02 Å². The first-order chi connectivity index (χ1) is 8.15. The Hall–Kier alpha value is -0.640. The number of aliphatic hydroxyl groups is 1. The van der Waals surface area contributed by atoms with Gasteiger partial charge in [-0.05, 0) is 43.4 Å². The summed E-state index contributed by atoms with van der Waals surface area (Å²) in [6.45, 7) is 0.695. The second-order valence-corrected chi connectivity index (χ2v) is 5.04. The van der Waals surface area contributed by atoms with Crippen LogP contribution in [0.3, 0.4) is 0 Å². The molecule has 0 atom stereocenters. The molecule has 2 N–H and O–H groups in total. The molecular weight excluding hydrogens is 241 g/mol. The molecule has 0 bridgehead atoms. The first-order valence-electron chi connectivity index (χ1n) is 6.00. The molecule has 0 aromatic heterocycles. The summed E-state index contributed by atoms with van der Waals surface area (Å²) in [5, 5.41) is 13.0. The molecule has 94 valence electrons. The van der Waals surface area contributed by atoms with Crippen LogP contribution in [0, 0.1) is 5.82 Å². The van der Waals surface area contributed by atoms with Crippen LogP contribution in [0.4, 0.5) is 4.39 Å². The first kappa shape index (κ1) is 12.8. The van der Waals surface area contributed by atoms with E-state index in [4.69, 9.17) is 11.6 Å². The maximum absolute atomic E-state index is 13.0. The fraction of sp³-hybridized carbons (Fsp3) is 0.538. The highest BCUT2D eigenvalue weighted by Crippen LogP contribution is 2.20. The van der Waals surface area contributed by atoms with E-state index >= 15 is 0 Å². The molecule has 0 radical (unpaired) electrons. The van der Waals surface area contributed by atoms with Crippen LogP contribution in [0.15, 0.2) is 18.2 Å². The van der Waals surface area contributed by atoms with Crippen molar-refractivity contribution in [2.24, 2.45) is 0 Å². The lowest BCUT2D eigenvalue weighted by Crippen LogP contribution is -2.34. The van der Waals surface area contributed by atoms with Crippen LogP contribution in [-0.2, 0) is 6.54 Å². The zero-order chi connectivity index (χ0) is 12.3. The quantitative estimate of drug-likeness (QED) is 0.873. The van der Waals surface area contributed by atoms with Gasteiger partial charge in [-0.25, -0.2) is 4.39 Å². The van der Waals surface area contributed by atoms with Crippen LogP contribution in [0.5, 0.6) is 0 Å². The van der Waals surface area contributed by atoms with Gasteiger partial charge in [-0.2, -0.15) is 0 Å². The van der Waals surface area contributed by atoms with Crippen molar-refractivity contribution in [1.82, 2.24) is 5.32 Å². The summed E-state index contributed by atoms with van der Waals surface area (Å²) >= 11 is 5.72. The minimum absolute atomic E-state index is 0.131. The van der Waals surface area contributed by atoms with E-state index in [1.54, 1.807) is 12.1 Å². The van der Waals surface area contributed by atoms with Gasteiger partial charge in [0.25, 0.3) is 0 Å². The number of nitrogens with one attached hydrogen (secondary N) is 1. The Bertz CT molecular complexity index is 378. The van der Waals surface area contributed by atoms with Gasteiger partial charge in [0.2, 0.25) is 0 Å². The summed E-state index contributed by atoms with van der Waals surface area (Å²) < 4.78 is 13.0.